The van der Waals surface area contributed by atoms with E-state index in [1.165, 1.54) is 31.4 Å². The molecule has 1 atom stereocenters. The van der Waals surface area contributed by atoms with Gasteiger partial charge in [0.2, 0.25) is 11.9 Å². The molecule has 0 radical (unpaired) electrons. The highest BCUT2D eigenvalue weighted by atomic mass is 19.1. The number of piperidine rings is 1. The highest BCUT2D eigenvalue weighted by molar-refractivity contribution is 5.79. The third-order valence-corrected chi connectivity index (χ3v) is 5.86. The lowest BCUT2D eigenvalue weighted by Gasteiger charge is -2.35. The van der Waals surface area contributed by atoms with E-state index in [2.05, 4.69) is 15.3 Å². The largest absolute Gasteiger partial charge is 0.342 e. The maximum absolute atomic E-state index is 13.4. The van der Waals surface area contributed by atoms with Crippen molar-refractivity contribution in [2.75, 3.05) is 18.4 Å². The number of halogens is 1. The van der Waals surface area contributed by atoms with Crippen LogP contribution in [0.15, 0.2) is 36.5 Å². The van der Waals surface area contributed by atoms with Crippen molar-refractivity contribution < 1.29 is 9.18 Å². The summed E-state index contributed by atoms with van der Waals surface area (Å²) >= 11 is 0. The second-order valence-electron chi connectivity index (χ2n) is 7.90. The standard InChI is InChI=1S/C22H27FN4O/c23-18-9-4-10-19(14-18)25-22-24-12-11-20(26-22)17-8-5-13-27(15-17)21(28)16-6-2-1-3-7-16/h4,9-12,14,16-17H,1-3,5-8,13,15H2,(H,24,25,26)/t17-/m1/s1. The molecule has 0 spiro atoms. The lowest BCUT2D eigenvalue weighted by Crippen LogP contribution is -2.43. The zero-order valence-corrected chi connectivity index (χ0v) is 16.1. The molecule has 2 fully saturated rings. The molecule has 2 heterocycles. The topological polar surface area (TPSA) is 58.1 Å². The Labute approximate surface area is 165 Å². The SMILES string of the molecule is O=C(C1CCCCC1)N1CCC[C@@H](c2ccnc(Nc3cccc(F)c3)n2)C1. The van der Waals surface area contributed by atoms with Crippen LogP contribution >= 0.6 is 0 Å². The van der Waals surface area contributed by atoms with E-state index in [-0.39, 0.29) is 17.7 Å². The minimum atomic E-state index is -0.301. The molecule has 1 aromatic heterocycles. The third kappa shape index (κ3) is 4.49. The van der Waals surface area contributed by atoms with E-state index in [9.17, 15) is 9.18 Å². The number of nitrogens with one attached hydrogen (secondary N) is 1. The monoisotopic (exact) mass is 382 g/mol. The van der Waals surface area contributed by atoms with Gasteiger partial charge in [0.25, 0.3) is 0 Å². The highest BCUT2D eigenvalue weighted by Crippen LogP contribution is 2.30. The molecule has 1 saturated carbocycles. The first kappa shape index (κ1) is 18.8. The summed E-state index contributed by atoms with van der Waals surface area (Å²) in [5.74, 6) is 0.918. The van der Waals surface area contributed by atoms with Crippen LogP contribution in [-0.4, -0.2) is 33.9 Å². The number of amides is 1. The van der Waals surface area contributed by atoms with Crippen LogP contribution in [-0.2, 0) is 4.79 Å². The summed E-state index contributed by atoms with van der Waals surface area (Å²) in [5, 5.41) is 3.07. The number of nitrogens with zero attached hydrogens (tertiary/aromatic N) is 3. The van der Waals surface area contributed by atoms with Crippen molar-refractivity contribution in [1.82, 2.24) is 14.9 Å². The number of benzene rings is 1. The van der Waals surface area contributed by atoms with Gasteiger partial charge in [0, 0.05) is 36.8 Å². The van der Waals surface area contributed by atoms with E-state index in [1.807, 2.05) is 11.0 Å². The number of hydrogen-bond acceptors (Lipinski definition) is 4. The van der Waals surface area contributed by atoms with Crippen LogP contribution < -0.4 is 5.32 Å². The number of likely N-dealkylation sites (tertiary alicyclic amines) is 1. The fourth-order valence-electron chi connectivity index (χ4n) is 4.38. The number of anilines is 2. The van der Waals surface area contributed by atoms with Gasteiger partial charge >= 0.3 is 0 Å². The Morgan fingerprint density at radius 2 is 1.96 bits per heavy atom. The van der Waals surface area contributed by atoms with Gasteiger partial charge < -0.3 is 10.2 Å². The molecular weight excluding hydrogens is 355 g/mol. The second kappa shape index (κ2) is 8.67. The highest BCUT2D eigenvalue weighted by Gasteiger charge is 2.30. The smallest absolute Gasteiger partial charge is 0.227 e. The summed E-state index contributed by atoms with van der Waals surface area (Å²) in [6.07, 6.45) is 9.43. The fraction of sp³-hybridized carbons (Fsp3) is 0.500. The van der Waals surface area contributed by atoms with E-state index in [4.69, 9.17) is 0 Å². The van der Waals surface area contributed by atoms with Crippen LogP contribution in [0.5, 0.6) is 0 Å². The van der Waals surface area contributed by atoms with E-state index in [1.54, 1.807) is 18.3 Å². The molecule has 4 rings (SSSR count). The van der Waals surface area contributed by atoms with Crippen LogP contribution in [0.3, 0.4) is 0 Å². The Kier molecular flexibility index (Phi) is 5.84. The number of hydrogen-bond donors (Lipinski definition) is 1. The summed E-state index contributed by atoms with van der Waals surface area (Å²) in [5.41, 5.74) is 1.56. The van der Waals surface area contributed by atoms with Crippen molar-refractivity contribution in [1.29, 1.82) is 0 Å². The number of carbonyl (C=O) groups excluding carboxylic acids is 1. The Hall–Kier alpha value is -2.50. The molecule has 1 N–H and O–H groups in total. The van der Waals surface area contributed by atoms with Gasteiger partial charge in [-0.3, -0.25) is 4.79 Å². The van der Waals surface area contributed by atoms with Gasteiger partial charge in [-0.25, -0.2) is 14.4 Å². The van der Waals surface area contributed by atoms with E-state index in [0.29, 0.717) is 17.5 Å². The predicted octanol–water partition coefficient (Wildman–Crippen LogP) is 4.65. The zero-order valence-electron chi connectivity index (χ0n) is 16.1. The van der Waals surface area contributed by atoms with Crippen LogP contribution in [0.1, 0.15) is 56.6 Å². The minimum Gasteiger partial charge on any atom is -0.342 e. The average molecular weight is 382 g/mol. The molecule has 6 heteroatoms. The van der Waals surface area contributed by atoms with Gasteiger partial charge in [0.1, 0.15) is 5.82 Å². The number of aromatic nitrogens is 2. The summed E-state index contributed by atoms with van der Waals surface area (Å²) < 4.78 is 13.4. The molecule has 28 heavy (non-hydrogen) atoms. The maximum atomic E-state index is 13.4. The van der Waals surface area contributed by atoms with Crippen LogP contribution in [0.4, 0.5) is 16.0 Å². The quantitative estimate of drug-likeness (QED) is 0.836. The van der Waals surface area contributed by atoms with Crippen molar-refractivity contribution in [2.45, 2.75) is 50.9 Å². The van der Waals surface area contributed by atoms with Crippen molar-refractivity contribution in [3.8, 4) is 0 Å². The Balaban J connectivity index is 1.44. The van der Waals surface area contributed by atoms with Gasteiger partial charge in [-0.1, -0.05) is 25.3 Å². The molecule has 1 amide bonds. The van der Waals surface area contributed by atoms with Crippen molar-refractivity contribution in [3.05, 3.63) is 48.0 Å². The normalized spacial score (nSPS) is 20.8. The zero-order chi connectivity index (χ0) is 19.3. The molecule has 5 nitrogen and oxygen atoms in total. The summed E-state index contributed by atoms with van der Waals surface area (Å²) in [4.78, 5) is 23.9. The third-order valence-electron chi connectivity index (χ3n) is 5.86. The first-order valence-electron chi connectivity index (χ1n) is 10.3. The molecule has 2 aromatic rings. The van der Waals surface area contributed by atoms with Gasteiger partial charge in [0.05, 0.1) is 5.69 Å². The van der Waals surface area contributed by atoms with Gasteiger partial charge in [-0.15, -0.1) is 0 Å². The van der Waals surface area contributed by atoms with E-state index in [0.717, 1.165) is 44.5 Å². The van der Waals surface area contributed by atoms with Crippen molar-refractivity contribution in [3.63, 3.8) is 0 Å². The molecule has 1 aliphatic heterocycles. The van der Waals surface area contributed by atoms with Gasteiger partial charge in [-0.2, -0.15) is 0 Å². The summed E-state index contributed by atoms with van der Waals surface area (Å²) in [6, 6.07) is 8.18. The molecule has 0 bridgehead atoms. The molecule has 1 aromatic carbocycles. The predicted molar refractivity (Wildman–Crippen MR) is 107 cm³/mol. The van der Waals surface area contributed by atoms with Crippen molar-refractivity contribution >= 4 is 17.5 Å². The molecular formula is C22H27FN4O. The fourth-order valence-corrected chi connectivity index (χ4v) is 4.38. The number of carbonyl (C=O) groups is 1. The average Bonchev–Trinajstić information content (AvgIpc) is 2.74. The Morgan fingerprint density at radius 3 is 2.79 bits per heavy atom. The molecule has 0 unspecified atom stereocenters. The lowest BCUT2D eigenvalue weighted by atomic mass is 9.87. The molecule has 1 aliphatic carbocycles. The Morgan fingerprint density at radius 1 is 1.11 bits per heavy atom. The maximum Gasteiger partial charge on any atom is 0.227 e. The first-order valence-corrected chi connectivity index (χ1v) is 10.3. The lowest BCUT2D eigenvalue weighted by molar-refractivity contribution is -0.137. The second-order valence-corrected chi connectivity index (χ2v) is 7.90. The Bertz CT molecular complexity index is 822. The summed E-state index contributed by atoms with van der Waals surface area (Å²) in [6.45, 7) is 1.58. The van der Waals surface area contributed by atoms with E-state index >= 15 is 0 Å². The van der Waals surface area contributed by atoms with Gasteiger partial charge in [0.15, 0.2) is 0 Å². The minimum absolute atomic E-state index is 0.211. The first-order chi connectivity index (χ1) is 13.7. The molecule has 2 aliphatic rings. The van der Waals surface area contributed by atoms with Crippen LogP contribution in [0.25, 0.3) is 0 Å². The van der Waals surface area contributed by atoms with Gasteiger partial charge in [-0.05, 0) is 49.9 Å². The number of rotatable bonds is 4. The molecule has 1 saturated heterocycles. The van der Waals surface area contributed by atoms with E-state index < -0.39 is 0 Å². The summed E-state index contributed by atoms with van der Waals surface area (Å²) in [7, 11) is 0. The molecule has 148 valence electrons. The van der Waals surface area contributed by atoms with Crippen molar-refractivity contribution in [2.24, 2.45) is 5.92 Å². The van der Waals surface area contributed by atoms with Crippen LogP contribution in [0.2, 0.25) is 0 Å². The van der Waals surface area contributed by atoms with Crippen LogP contribution in [0, 0.1) is 11.7 Å².